The fraction of sp³-hybridized carbons (Fsp3) is 0.400. The first-order chi connectivity index (χ1) is 13.9. The van der Waals surface area contributed by atoms with E-state index in [1.54, 1.807) is 6.92 Å². The zero-order chi connectivity index (χ0) is 21.0. The molecule has 1 heterocycles. The van der Waals surface area contributed by atoms with Crippen molar-refractivity contribution in [3.63, 3.8) is 0 Å². The maximum Gasteiger partial charge on any atom is 0.270 e. The Morgan fingerprint density at radius 1 is 1.24 bits per heavy atom. The second-order valence-corrected chi connectivity index (χ2v) is 7.89. The third-order valence-electron chi connectivity index (χ3n) is 5.07. The Morgan fingerprint density at radius 3 is 2.62 bits per heavy atom. The van der Waals surface area contributed by atoms with Crippen molar-refractivity contribution >= 4 is 39.2 Å². The molecule has 1 fully saturated rings. The highest BCUT2D eigenvalue weighted by Crippen LogP contribution is 2.28. The van der Waals surface area contributed by atoms with Crippen LogP contribution < -0.4 is 10.6 Å². The summed E-state index contributed by atoms with van der Waals surface area (Å²) in [6, 6.07) is 4.04. The molecule has 3 rings (SSSR count). The Kier molecular flexibility index (Phi) is 6.79. The number of anilines is 1. The average molecular weight is 465 g/mol. The van der Waals surface area contributed by atoms with Crippen molar-refractivity contribution in [2.75, 3.05) is 5.32 Å². The number of amides is 2. The molecule has 0 aliphatic heterocycles. The molecule has 9 heteroatoms. The number of ketones is 1. The monoisotopic (exact) mass is 464 g/mol. The van der Waals surface area contributed by atoms with Crippen molar-refractivity contribution in [2.45, 2.75) is 45.1 Å². The largest absolute Gasteiger partial charge is 0.348 e. The Balaban J connectivity index is 1.52. The van der Waals surface area contributed by atoms with Crippen LogP contribution in [0.1, 0.15) is 60.0 Å². The smallest absolute Gasteiger partial charge is 0.270 e. The lowest BCUT2D eigenvalue weighted by molar-refractivity contribution is -0.120. The van der Waals surface area contributed by atoms with Crippen LogP contribution in [-0.2, 0) is 4.79 Å². The lowest BCUT2D eigenvalue weighted by atomic mass is 9.85. The molecule has 1 aliphatic rings. The number of halogens is 2. The average Bonchev–Trinajstić information content (AvgIpc) is 3.20. The maximum atomic E-state index is 13.2. The molecule has 0 spiro atoms. The van der Waals surface area contributed by atoms with Crippen LogP contribution in [0, 0.1) is 11.7 Å². The van der Waals surface area contributed by atoms with Gasteiger partial charge in [0.25, 0.3) is 5.91 Å². The van der Waals surface area contributed by atoms with Crippen LogP contribution in [0.15, 0.2) is 29.0 Å². The fourth-order valence-electron chi connectivity index (χ4n) is 3.43. The molecule has 0 radical (unpaired) electrons. The Morgan fingerprint density at radius 2 is 1.97 bits per heavy atom. The topological polar surface area (TPSA) is 104 Å². The van der Waals surface area contributed by atoms with Gasteiger partial charge in [-0.25, -0.2) is 9.37 Å². The first kappa shape index (κ1) is 21.2. The van der Waals surface area contributed by atoms with Gasteiger partial charge in [-0.2, -0.15) is 0 Å². The molecule has 1 aromatic carbocycles. The van der Waals surface area contributed by atoms with Gasteiger partial charge in [0.15, 0.2) is 5.78 Å². The van der Waals surface area contributed by atoms with E-state index in [0.717, 1.165) is 0 Å². The van der Waals surface area contributed by atoms with Gasteiger partial charge in [-0.3, -0.25) is 14.4 Å². The summed E-state index contributed by atoms with van der Waals surface area (Å²) in [6.07, 6.45) is 4.17. The van der Waals surface area contributed by atoms with Gasteiger partial charge in [0.05, 0.1) is 12.0 Å². The minimum atomic E-state index is -0.382. The van der Waals surface area contributed by atoms with Crippen LogP contribution >= 0.6 is 15.9 Å². The first-order valence-corrected chi connectivity index (χ1v) is 10.3. The molecule has 154 valence electrons. The van der Waals surface area contributed by atoms with Crippen LogP contribution in [0.2, 0.25) is 0 Å². The summed E-state index contributed by atoms with van der Waals surface area (Å²) in [6.45, 7) is 1.72. The van der Waals surface area contributed by atoms with E-state index in [4.69, 9.17) is 0 Å². The molecular formula is C20H22BrFN4O3. The molecule has 0 saturated heterocycles. The van der Waals surface area contributed by atoms with Crippen LogP contribution in [0.5, 0.6) is 0 Å². The van der Waals surface area contributed by atoms with Gasteiger partial charge in [-0.1, -0.05) is 6.92 Å². The van der Waals surface area contributed by atoms with E-state index in [1.807, 2.05) is 0 Å². The molecule has 2 aromatic rings. The lowest BCUT2D eigenvalue weighted by Crippen LogP contribution is -2.40. The lowest BCUT2D eigenvalue weighted by Gasteiger charge is -2.28. The van der Waals surface area contributed by atoms with Gasteiger partial charge in [0.1, 0.15) is 17.2 Å². The van der Waals surface area contributed by atoms with Crippen molar-refractivity contribution in [2.24, 2.45) is 5.92 Å². The van der Waals surface area contributed by atoms with Gasteiger partial charge in [-0.05, 0) is 59.8 Å². The van der Waals surface area contributed by atoms with E-state index >= 15 is 0 Å². The van der Waals surface area contributed by atoms with Gasteiger partial charge >= 0.3 is 0 Å². The number of aromatic amines is 1. The molecule has 1 aromatic heterocycles. The number of Topliss-reactive ketones (excluding diaryl/α,β-unsaturated/α-hetero) is 1. The van der Waals surface area contributed by atoms with E-state index in [2.05, 4.69) is 36.5 Å². The normalized spacial score (nSPS) is 18.9. The number of rotatable bonds is 6. The number of aromatic nitrogens is 2. The molecule has 1 aliphatic carbocycles. The van der Waals surface area contributed by atoms with E-state index < -0.39 is 0 Å². The van der Waals surface area contributed by atoms with Crippen LogP contribution in [0.3, 0.4) is 0 Å². The van der Waals surface area contributed by atoms with Crippen molar-refractivity contribution in [1.29, 1.82) is 0 Å². The SMILES string of the molecule is CCC(=O)c1nc[nH]c1C(=O)NC1CCC(C(=O)Nc2ccc(F)cc2Br)CC1. The van der Waals surface area contributed by atoms with Crippen molar-refractivity contribution in [1.82, 2.24) is 15.3 Å². The minimum absolute atomic E-state index is 0.0722. The molecule has 7 nitrogen and oxygen atoms in total. The highest BCUT2D eigenvalue weighted by molar-refractivity contribution is 9.10. The molecule has 0 bridgehead atoms. The van der Waals surface area contributed by atoms with Crippen LogP contribution in [0.4, 0.5) is 10.1 Å². The Hall–Kier alpha value is -2.55. The molecular weight excluding hydrogens is 443 g/mol. The summed E-state index contributed by atoms with van der Waals surface area (Å²) < 4.78 is 13.7. The number of carbonyl (C=O) groups excluding carboxylic acids is 3. The van der Waals surface area contributed by atoms with E-state index in [0.29, 0.717) is 35.8 Å². The third kappa shape index (κ3) is 5.09. The Bertz CT molecular complexity index is 922. The van der Waals surface area contributed by atoms with E-state index in [-0.39, 0.29) is 53.2 Å². The third-order valence-corrected chi connectivity index (χ3v) is 5.73. The molecule has 1 saturated carbocycles. The molecule has 2 amide bonds. The van der Waals surface area contributed by atoms with Gasteiger partial charge in [-0.15, -0.1) is 0 Å². The second kappa shape index (κ2) is 9.30. The van der Waals surface area contributed by atoms with Crippen LogP contribution in [0.25, 0.3) is 0 Å². The predicted molar refractivity (Wildman–Crippen MR) is 109 cm³/mol. The highest BCUT2D eigenvalue weighted by atomic mass is 79.9. The number of H-pyrrole nitrogens is 1. The maximum absolute atomic E-state index is 13.2. The second-order valence-electron chi connectivity index (χ2n) is 7.04. The standard InChI is InChI=1S/C20H22BrFN4O3/c1-2-16(27)17-18(24-10-23-17)20(29)25-13-6-3-11(4-7-13)19(28)26-15-8-5-12(22)9-14(15)21/h5,8-11,13H,2-4,6-7H2,1H3,(H,23,24)(H,25,29)(H,26,28). The Labute approximate surface area is 176 Å². The molecule has 29 heavy (non-hydrogen) atoms. The number of benzene rings is 1. The van der Waals surface area contributed by atoms with E-state index in [1.165, 1.54) is 24.5 Å². The molecule has 0 atom stereocenters. The zero-order valence-corrected chi connectivity index (χ0v) is 17.5. The highest BCUT2D eigenvalue weighted by Gasteiger charge is 2.29. The van der Waals surface area contributed by atoms with Gasteiger partial charge < -0.3 is 15.6 Å². The van der Waals surface area contributed by atoms with Crippen molar-refractivity contribution in [3.05, 3.63) is 46.2 Å². The van der Waals surface area contributed by atoms with Crippen molar-refractivity contribution in [3.8, 4) is 0 Å². The van der Waals surface area contributed by atoms with Crippen LogP contribution in [-0.4, -0.2) is 33.6 Å². The summed E-state index contributed by atoms with van der Waals surface area (Å²) in [5.41, 5.74) is 0.861. The number of nitrogens with one attached hydrogen (secondary N) is 3. The summed E-state index contributed by atoms with van der Waals surface area (Å²) in [5.74, 6) is -1.23. The number of nitrogens with zero attached hydrogens (tertiary/aromatic N) is 1. The first-order valence-electron chi connectivity index (χ1n) is 9.52. The summed E-state index contributed by atoms with van der Waals surface area (Å²) in [5, 5.41) is 5.74. The summed E-state index contributed by atoms with van der Waals surface area (Å²) >= 11 is 3.24. The van der Waals surface area contributed by atoms with Gasteiger partial charge in [0.2, 0.25) is 5.91 Å². The van der Waals surface area contributed by atoms with Crippen molar-refractivity contribution < 1.29 is 18.8 Å². The molecule has 0 unspecified atom stereocenters. The summed E-state index contributed by atoms with van der Waals surface area (Å²) in [4.78, 5) is 43.5. The minimum Gasteiger partial charge on any atom is -0.348 e. The predicted octanol–water partition coefficient (Wildman–Crippen LogP) is 3.83. The van der Waals surface area contributed by atoms with E-state index in [9.17, 15) is 18.8 Å². The summed E-state index contributed by atoms with van der Waals surface area (Å²) in [7, 11) is 0. The molecule has 3 N–H and O–H groups in total. The quantitative estimate of drug-likeness (QED) is 0.564. The van der Waals surface area contributed by atoms with Gasteiger partial charge in [0, 0.05) is 22.9 Å². The number of imidazole rings is 1. The number of carbonyl (C=O) groups is 3. The zero-order valence-electron chi connectivity index (χ0n) is 15.9. The number of hydrogen-bond donors (Lipinski definition) is 3. The number of hydrogen-bond acceptors (Lipinski definition) is 4. The fourth-order valence-corrected chi connectivity index (χ4v) is 3.88.